The Bertz CT molecular complexity index is 838. The van der Waals surface area contributed by atoms with E-state index in [0.717, 1.165) is 31.7 Å². The van der Waals surface area contributed by atoms with Crippen LogP contribution in [0.5, 0.6) is 0 Å². The summed E-state index contributed by atoms with van der Waals surface area (Å²) < 4.78 is 15.3. The summed E-state index contributed by atoms with van der Waals surface area (Å²) in [6.45, 7) is 2.36. The fourth-order valence-electron chi connectivity index (χ4n) is 3.54. The van der Waals surface area contributed by atoms with Gasteiger partial charge in [-0.15, -0.1) is 0 Å². The van der Waals surface area contributed by atoms with Crippen LogP contribution in [0.3, 0.4) is 0 Å². The highest BCUT2D eigenvalue weighted by Crippen LogP contribution is 2.26. The molecule has 0 aliphatic heterocycles. The van der Waals surface area contributed by atoms with E-state index in [1.54, 1.807) is 4.57 Å². The zero-order valence-corrected chi connectivity index (χ0v) is 13.6. The summed E-state index contributed by atoms with van der Waals surface area (Å²) >= 11 is 0. The summed E-state index contributed by atoms with van der Waals surface area (Å²) in [7, 11) is 0. The van der Waals surface area contributed by atoms with Gasteiger partial charge in [0.25, 0.3) is 0 Å². The minimum atomic E-state index is -1.29. The second kappa shape index (κ2) is 6.63. The quantitative estimate of drug-likeness (QED) is 0.897. The number of hydrogen-bond donors (Lipinski definition) is 2. The van der Waals surface area contributed by atoms with E-state index in [1.807, 2.05) is 6.92 Å². The summed E-state index contributed by atoms with van der Waals surface area (Å²) in [6, 6.07) is 4.10. The van der Waals surface area contributed by atoms with Crippen LogP contribution < -0.4 is 10.7 Å². The van der Waals surface area contributed by atoms with Crippen LogP contribution in [0.2, 0.25) is 0 Å². The molecule has 128 valence electrons. The molecule has 1 heterocycles. The third-order valence-corrected chi connectivity index (χ3v) is 4.70. The van der Waals surface area contributed by atoms with Crippen molar-refractivity contribution in [3.8, 4) is 0 Å². The predicted molar refractivity (Wildman–Crippen MR) is 91.3 cm³/mol. The first-order valence-corrected chi connectivity index (χ1v) is 8.38. The number of nitrogens with zero attached hydrogens (tertiary/aromatic N) is 1. The summed E-state index contributed by atoms with van der Waals surface area (Å²) in [4.78, 5) is 24.4. The van der Waals surface area contributed by atoms with Gasteiger partial charge in [0.1, 0.15) is 17.2 Å². The van der Waals surface area contributed by atoms with Crippen molar-refractivity contribution in [3.05, 3.63) is 39.8 Å². The molecule has 0 unspecified atom stereocenters. The number of hydrogen-bond acceptors (Lipinski definition) is 3. The van der Waals surface area contributed by atoms with Gasteiger partial charge in [-0.2, -0.15) is 0 Å². The van der Waals surface area contributed by atoms with Crippen LogP contribution in [0.25, 0.3) is 10.9 Å². The zero-order valence-electron chi connectivity index (χ0n) is 13.6. The number of nitrogens with one attached hydrogen (secondary N) is 1. The fraction of sp³-hybridized carbons (Fsp3) is 0.444. The molecule has 0 atom stereocenters. The molecule has 0 saturated heterocycles. The molecule has 1 aliphatic carbocycles. The third kappa shape index (κ3) is 2.88. The fourth-order valence-corrected chi connectivity index (χ4v) is 3.54. The summed E-state index contributed by atoms with van der Waals surface area (Å²) in [6.07, 6.45) is 5.28. The molecule has 1 aliphatic rings. The van der Waals surface area contributed by atoms with Crippen LogP contribution >= 0.6 is 0 Å². The average Bonchev–Trinajstić information content (AvgIpc) is 2.56. The number of anilines is 1. The first-order valence-electron chi connectivity index (χ1n) is 8.38. The minimum Gasteiger partial charge on any atom is -0.477 e. The topological polar surface area (TPSA) is 71.3 Å². The van der Waals surface area contributed by atoms with Gasteiger partial charge < -0.3 is 15.0 Å². The Morgan fingerprint density at radius 3 is 2.67 bits per heavy atom. The van der Waals surface area contributed by atoms with Crippen molar-refractivity contribution in [2.45, 2.75) is 51.6 Å². The standard InChI is InChI=1S/C18H21FN2O3/c1-2-21-14-9-8-11(19)10-13(14)16(22)15(18(23)24)17(21)20-12-6-4-3-5-7-12/h8-10,12,20H,2-7H2,1H3,(H,23,24). The van der Waals surface area contributed by atoms with Crippen LogP contribution in [0, 0.1) is 5.82 Å². The summed E-state index contributed by atoms with van der Waals surface area (Å²) in [5, 5.41) is 13.0. The first kappa shape index (κ1) is 16.5. The van der Waals surface area contributed by atoms with E-state index in [0.29, 0.717) is 17.9 Å². The van der Waals surface area contributed by atoms with E-state index in [2.05, 4.69) is 5.32 Å². The smallest absolute Gasteiger partial charge is 0.343 e. The van der Waals surface area contributed by atoms with Crippen molar-refractivity contribution in [3.63, 3.8) is 0 Å². The van der Waals surface area contributed by atoms with Crippen molar-refractivity contribution >= 4 is 22.7 Å². The van der Waals surface area contributed by atoms with E-state index in [4.69, 9.17) is 0 Å². The van der Waals surface area contributed by atoms with Crippen LogP contribution in [0.4, 0.5) is 10.2 Å². The number of fused-ring (bicyclic) bond motifs is 1. The molecule has 3 rings (SSSR count). The van der Waals surface area contributed by atoms with Gasteiger partial charge in [-0.3, -0.25) is 4.79 Å². The highest BCUT2D eigenvalue weighted by molar-refractivity contribution is 5.98. The Hall–Kier alpha value is -2.37. The van der Waals surface area contributed by atoms with Gasteiger partial charge >= 0.3 is 5.97 Å². The van der Waals surface area contributed by atoms with E-state index in [9.17, 15) is 19.1 Å². The Labute approximate surface area is 139 Å². The lowest BCUT2D eigenvalue weighted by Crippen LogP contribution is -2.30. The first-order chi connectivity index (χ1) is 11.5. The van der Waals surface area contributed by atoms with Crippen molar-refractivity contribution in [1.29, 1.82) is 0 Å². The lowest BCUT2D eigenvalue weighted by Gasteiger charge is -2.27. The molecule has 1 aromatic carbocycles. The average molecular weight is 332 g/mol. The van der Waals surface area contributed by atoms with Gasteiger partial charge in [0.05, 0.1) is 5.52 Å². The SMILES string of the molecule is CCn1c(NC2CCCCC2)c(C(=O)O)c(=O)c2cc(F)ccc21. The third-order valence-electron chi connectivity index (χ3n) is 4.70. The number of aromatic carboxylic acids is 1. The van der Waals surface area contributed by atoms with Gasteiger partial charge in [0.2, 0.25) is 5.43 Å². The number of halogens is 1. The van der Waals surface area contributed by atoms with Crippen LogP contribution in [-0.2, 0) is 6.54 Å². The number of pyridine rings is 1. The van der Waals surface area contributed by atoms with Gasteiger partial charge in [0, 0.05) is 18.0 Å². The van der Waals surface area contributed by atoms with E-state index in [-0.39, 0.29) is 17.0 Å². The molecule has 5 nitrogen and oxygen atoms in total. The number of aryl methyl sites for hydroxylation is 1. The lowest BCUT2D eigenvalue weighted by atomic mass is 9.95. The molecule has 2 N–H and O–H groups in total. The van der Waals surface area contributed by atoms with Crippen LogP contribution in [-0.4, -0.2) is 21.7 Å². The molecular formula is C18H21FN2O3. The number of carboxylic acids is 1. The molecule has 1 aromatic heterocycles. The molecule has 0 bridgehead atoms. The van der Waals surface area contributed by atoms with Gasteiger partial charge in [-0.1, -0.05) is 19.3 Å². The van der Waals surface area contributed by atoms with Gasteiger partial charge in [-0.25, -0.2) is 9.18 Å². The molecule has 0 amide bonds. The van der Waals surface area contributed by atoms with Gasteiger partial charge in [-0.05, 0) is 38.0 Å². The van der Waals surface area contributed by atoms with Crippen LogP contribution in [0.15, 0.2) is 23.0 Å². The molecule has 1 fully saturated rings. The highest BCUT2D eigenvalue weighted by atomic mass is 19.1. The Morgan fingerprint density at radius 2 is 2.04 bits per heavy atom. The molecule has 0 spiro atoms. The van der Waals surface area contributed by atoms with Crippen molar-refractivity contribution in [2.75, 3.05) is 5.32 Å². The highest BCUT2D eigenvalue weighted by Gasteiger charge is 2.24. The van der Waals surface area contributed by atoms with Crippen molar-refractivity contribution in [2.24, 2.45) is 0 Å². The predicted octanol–water partition coefficient (Wildman–Crippen LogP) is 3.60. The van der Waals surface area contributed by atoms with Crippen molar-refractivity contribution in [1.82, 2.24) is 4.57 Å². The Morgan fingerprint density at radius 1 is 1.33 bits per heavy atom. The summed E-state index contributed by atoms with van der Waals surface area (Å²) in [5.74, 6) is -1.50. The second-order valence-corrected chi connectivity index (χ2v) is 6.24. The normalized spacial score (nSPS) is 15.6. The van der Waals surface area contributed by atoms with Gasteiger partial charge in [0.15, 0.2) is 0 Å². The van der Waals surface area contributed by atoms with E-state index in [1.165, 1.54) is 18.6 Å². The monoisotopic (exact) mass is 332 g/mol. The Balaban J connectivity index is 2.24. The van der Waals surface area contributed by atoms with Crippen molar-refractivity contribution < 1.29 is 14.3 Å². The molecule has 1 saturated carbocycles. The molecule has 6 heteroatoms. The number of aromatic nitrogens is 1. The van der Waals surface area contributed by atoms with E-state index < -0.39 is 17.2 Å². The van der Waals surface area contributed by atoms with E-state index >= 15 is 0 Å². The summed E-state index contributed by atoms with van der Waals surface area (Å²) in [5.41, 5.74) is -0.396. The molecule has 2 aromatic rings. The molecular weight excluding hydrogens is 311 g/mol. The largest absolute Gasteiger partial charge is 0.477 e. The maximum Gasteiger partial charge on any atom is 0.343 e. The number of carboxylic acid groups (broad SMARTS) is 1. The Kier molecular flexibility index (Phi) is 4.55. The maximum atomic E-state index is 13.5. The number of carbonyl (C=O) groups is 1. The number of rotatable bonds is 4. The maximum absolute atomic E-state index is 13.5. The lowest BCUT2D eigenvalue weighted by molar-refractivity contribution is 0.0696. The second-order valence-electron chi connectivity index (χ2n) is 6.24. The molecule has 24 heavy (non-hydrogen) atoms. The number of benzene rings is 1. The van der Waals surface area contributed by atoms with Crippen LogP contribution in [0.1, 0.15) is 49.4 Å². The minimum absolute atomic E-state index is 0.100. The molecule has 0 radical (unpaired) electrons. The zero-order chi connectivity index (χ0) is 17.3.